The number of rotatable bonds is 0. The van der Waals surface area contributed by atoms with Crippen LogP contribution in [0.4, 0.5) is 0 Å². The smallest absolute Gasteiger partial charge is 0.907 e. The second-order valence-electron chi connectivity index (χ2n) is 3.84. The van der Waals surface area contributed by atoms with Gasteiger partial charge < -0.3 is 15.1 Å². The van der Waals surface area contributed by atoms with E-state index >= 15 is 0 Å². The second kappa shape index (κ2) is 12.5. The van der Waals surface area contributed by atoms with Gasteiger partial charge in [-0.25, -0.2) is 0 Å². The van der Waals surface area contributed by atoms with E-state index in [2.05, 4.69) is 60.7 Å². The summed E-state index contributed by atoms with van der Waals surface area (Å²) in [4.78, 5) is 0. The van der Waals surface area contributed by atoms with Crippen LogP contribution in [0.25, 0.3) is 21.5 Å². The SMILES string of the molecule is [Na+].[Na+].[Na+].[O-]B([O-])[O-].c1ccc2cc3ccccc3cc2c1. The molecule has 3 aromatic rings. The summed E-state index contributed by atoms with van der Waals surface area (Å²) >= 11 is 0. The molecule has 21 heavy (non-hydrogen) atoms. The van der Waals surface area contributed by atoms with E-state index in [0.717, 1.165) is 0 Å². The van der Waals surface area contributed by atoms with Crippen LogP contribution in [0.15, 0.2) is 60.7 Å². The first kappa shape index (κ1) is 24.4. The van der Waals surface area contributed by atoms with Gasteiger partial charge in [-0.3, -0.25) is 7.32 Å². The van der Waals surface area contributed by atoms with Crippen LogP contribution in [-0.4, -0.2) is 7.32 Å². The van der Waals surface area contributed by atoms with Crippen LogP contribution in [0, 0.1) is 0 Å². The fourth-order valence-electron chi connectivity index (χ4n) is 1.88. The van der Waals surface area contributed by atoms with Crippen molar-refractivity contribution in [1.82, 2.24) is 0 Å². The molecule has 0 fully saturated rings. The van der Waals surface area contributed by atoms with Crippen molar-refractivity contribution in [2.75, 3.05) is 0 Å². The molecule has 0 N–H and O–H groups in total. The largest absolute Gasteiger partial charge is 1.00 e. The van der Waals surface area contributed by atoms with Gasteiger partial charge in [-0.15, -0.1) is 0 Å². The summed E-state index contributed by atoms with van der Waals surface area (Å²) in [7, 11) is -2.92. The maximum atomic E-state index is 8.42. The van der Waals surface area contributed by atoms with Gasteiger partial charge >= 0.3 is 88.7 Å². The van der Waals surface area contributed by atoms with Crippen molar-refractivity contribution in [2.45, 2.75) is 0 Å². The molecule has 0 aliphatic heterocycles. The first-order valence-electron chi connectivity index (χ1n) is 5.52. The number of fused-ring (bicyclic) bond motifs is 2. The zero-order chi connectivity index (χ0) is 13.0. The van der Waals surface area contributed by atoms with Crippen LogP contribution in [0.2, 0.25) is 0 Å². The van der Waals surface area contributed by atoms with Crippen molar-refractivity contribution in [3.63, 3.8) is 0 Å². The number of hydrogen-bond acceptors (Lipinski definition) is 3. The van der Waals surface area contributed by atoms with Crippen LogP contribution in [0.5, 0.6) is 0 Å². The maximum absolute atomic E-state index is 8.42. The second-order valence-corrected chi connectivity index (χ2v) is 3.84. The summed E-state index contributed by atoms with van der Waals surface area (Å²) < 4.78 is 0. The predicted molar refractivity (Wildman–Crippen MR) is 67.2 cm³/mol. The molecule has 0 heterocycles. The van der Waals surface area contributed by atoms with Crippen molar-refractivity contribution in [1.29, 1.82) is 0 Å². The van der Waals surface area contributed by atoms with Gasteiger partial charge in [0.2, 0.25) is 0 Å². The Hall–Kier alpha value is 1.12. The molecule has 0 aliphatic rings. The summed E-state index contributed by atoms with van der Waals surface area (Å²) in [5, 5.41) is 30.5. The third-order valence-electron chi connectivity index (χ3n) is 2.61. The minimum Gasteiger partial charge on any atom is -0.907 e. The first-order valence-corrected chi connectivity index (χ1v) is 5.52. The van der Waals surface area contributed by atoms with Gasteiger partial charge in [-0.1, -0.05) is 48.5 Å². The van der Waals surface area contributed by atoms with Crippen LogP contribution in [0.1, 0.15) is 0 Å². The molecule has 0 unspecified atom stereocenters. The Bertz CT molecular complexity index is 557. The molecule has 0 saturated carbocycles. The molecule has 0 atom stereocenters. The van der Waals surface area contributed by atoms with E-state index in [-0.39, 0.29) is 88.7 Å². The number of hydrogen-bond donors (Lipinski definition) is 0. The summed E-state index contributed by atoms with van der Waals surface area (Å²) in [6.07, 6.45) is 0. The average molecular weight is 306 g/mol. The van der Waals surface area contributed by atoms with Crippen LogP contribution in [0.3, 0.4) is 0 Å². The summed E-state index contributed by atoms with van der Waals surface area (Å²) in [5.41, 5.74) is 0. The minimum absolute atomic E-state index is 0. The normalized spacial score (nSPS) is 8.52. The fourth-order valence-corrected chi connectivity index (χ4v) is 1.88. The zero-order valence-corrected chi connectivity index (χ0v) is 18.6. The Morgan fingerprint density at radius 3 is 0.905 bits per heavy atom. The summed E-state index contributed by atoms with van der Waals surface area (Å²) in [6.45, 7) is 0. The molecule has 3 aromatic carbocycles. The molecule has 7 heteroatoms. The number of benzene rings is 3. The van der Waals surface area contributed by atoms with E-state index in [1.54, 1.807) is 0 Å². The molecule has 0 radical (unpaired) electrons. The molecular formula is C14H10BNa3O3. The van der Waals surface area contributed by atoms with Crippen LogP contribution < -0.4 is 104 Å². The van der Waals surface area contributed by atoms with E-state index in [1.807, 2.05) is 0 Å². The van der Waals surface area contributed by atoms with E-state index in [9.17, 15) is 0 Å². The molecule has 90 valence electrons. The third-order valence-corrected chi connectivity index (χ3v) is 2.61. The maximum Gasteiger partial charge on any atom is 1.00 e. The van der Waals surface area contributed by atoms with Crippen molar-refractivity contribution < 1.29 is 104 Å². The van der Waals surface area contributed by atoms with Crippen LogP contribution >= 0.6 is 0 Å². The van der Waals surface area contributed by atoms with Gasteiger partial charge in [0.25, 0.3) is 0 Å². The Balaban J connectivity index is 0. The molecule has 0 saturated heterocycles. The van der Waals surface area contributed by atoms with Gasteiger partial charge in [-0.2, -0.15) is 0 Å². The van der Waals surface area contributed by atoms with Gasteiger partial charge in [0.05, 0.1) is 0 Å². The van der Waals surface area contributed by atoms with Crippen LogP contribution in [-0.2, 0) is 0 Å². The summed E-state index contributed by atoms with van der Waals surface area (Å²) in [5.74, 6) is 0. The Kier molecular flexibility index (Phi) is 14.6. The van der Waals surface area contributed by atoms with Crippen molar-refractivity contribution in [3.8, 4) is 0 Å². The minimum atomic E-state index is -2.92. The molecule has 3 nitrogen and oxygen atoms in total. The molecule has 0 spiro atoms. The molecule has 0 aliphatic carbocycles. The van der Waals surface area contributed by atoms with Crippen molar-refractivity contribution >= 4 is 28.9 Å². The Morgan fingerprint density at radius 2 is 0.714 bits per heavy atom. The van der Waals surface area contributed by atoms with E-state index < -0.39 is 7.32 Å². The van der Waals surface area contributed by atoms with E-state index in [0.29, 0.717) is 0 Å². The molecular weight excluding hydrogens is 296 g/mol. The zero-order valence-electron chi connectivity index (χ0n) is 12.6. The quantitative estimate of drug-likeness (QED) is 0.306. The Morgan fingerprint density at radius 1 is 0.524 bits per heavy atom. The predicted octanol–water partition coefficient (Wildman–Crippen LogP) is -8.94. The monoisotopic (exact) mass is 306 g/mol. The first-order chi connectivity index (χ1) is 8.66. The van der Waals surface area contributed by atoms with E-state index in [4.69, 9.17) is 15.1 Å². The standard InChI is InChI=1S/C14H10.BO3.3Na/c1-2-6-12-10-14-8-4-3-7-13(14)9-11(12)5-1;2-1(3)4;;;/h1-10H;;;;/q;-3;3*+1. The average Bonchev–Trinajstić information content (AvgIpc) is 2.35. The van der Waals surface area contributed by atoms with E-state index in [1.165, 1.54) is 21.5 Å². The molecule has 0 bridgehead atoms. The fraction of sp³-hybridized carbons (Fsp3) is 0. The van der Waals surface area contributed by atoms with Crippen molar-refractivity contribution in [3.05, 3.63) is 60.7 Å². The van der Waals surface area contributed by atoms with Gasteiger partial charge in [0.15, 0.2) is 0 Å². The molecule has 0 amide bonds. The third kappa shape index (κ3) is 7.98. The van der Waals surface area contributed by atoms with Gasteiger partial charge in [0, 0.05) is 0 Å². The van der Waals surface area contributed by atoms with Gasteiger partial charge in [0.1, 0.15) is 0 Å². The van der Waals surface area contributed by atoms with Gasteiger partial charge in [-0.05, 0) is 33.7 Å². The molecule has 3 rings (SSSR count). The molecule has 0 aromatic heterocycles. The Labute approximate surface area is 190 Å². The van der Waals surface area contributed by atoms with Crippen molar-refractivity contribution in [2.24, 2.45) is 0 Å². The topological polar surface area (TPSA) is 69.2 Å². The summed E-state index contributed by atoms with van der Waals surface area (Å²) in [6, 6.07) is 21.4.